The van der Waals surface area contributed by atoms with Crippen LogP contribution in [0, 0.1) is 0 Å². The molecule has 0 atom stereocenters. The highest BCUT2D eigenvalue weighted by Gasteiger charge is 2.37. The van der Waals surface area contributed by atoms with Gasteiger partial charge < -0.3 is 4.90 Å². The van der Waals surface area contributed by atoms with Gasteiger partial charge in [0.05, 0.1) is 5.03 Å². The van der Waals surface area contributed by atoms with E-state index in [4.69, 9.17) is 11.6 Å². The zero-order valence-corrected chi connectivity index (χ0v) is 11.5. The van der Waals surface area contributed by atoms with Crippen molar-refractivity contribution in [2.24, 2.45) is 0 Å². The number of pyridine rings is 1. The van der Waals surface area contributed by atoms with E-state index >= 15 is 0 Å². The van der Waals surface area contributed by atoms with E-state index in [0.29, 0.717) is 17.8 Å². The van der Waals surface area contributed by atoms with E-state index in [-0.39, 0.29) is 5.03 Å². The van der Waals surface area contributed by atoms with E-state index < -0.39 is 12.0 Å². The summed E-state index contributed by atoms with van der Waals surface area (Å²) in [5.41, 5.74) is 0.770. The van der Waals surface area contributed by atoms with E-state index in [0.717, 1.165) is 17.3 Å². The largest absolute Gasteiger partial charge is 0.454 e. The summed E-state index contributed by atoms with van der Waals surface area (Å²) in [6.07, 6.45) is -1.13. The Labute approximate surface area is 122 Å². The molecule has 0 amide bonds. The SMILES string of the molecule is O=C(/C=C1\SC=CN1Cc1ccc(Cl)nc1)C(F)(F)F. The van der Waals surface area contributed by atoms with Gasteiger partial charge in [0.25, 0.3) is 5.78 Å². The van der Waals surface area contributed by atoms with Crippen molar-refractivity contribution in [3.8, 4) is 0 Å². The first-order chi connectivity index (χ1) is 9.36. The third-order valence-electron chi connectivity index (χ3n) is 2.39. The van der Waals surface area contributed by atoms with Crippen LogP contribution in [0.2, 0.25) is 5.15 Å². The molecular weight excluding hydrogens is 313 g/mol. The average Bonchev–Trinajstić information content (AvgIpc) is 2.78. The Kier molecular flexibility index (Phi) is 4.39. The molecule has 2 heterocycles. The Morgan fingerprint density at radius 3 is 2.80 bits per heavy atom. The van der Waals surface area contributed by atoms with Gasteiger partial charge in [0, 0.05) is 25.0 Å². The van der Waals surface area contributed by atoms with Crippen LogP contribution >= 0.6 is 23.4 Å². The molecule has 1 aliphatic heterocycles. The quantitative estimate of drug-likeness (QED) is 0.627. The van der Waals surface area contributed by atoms with Crippen molar-refractivity contribution in [2.75, 3.05) is 0 Å². The number of carbonyl (C=O) groups excluding carboxylic acids is 1. The zero-order chi connectivity index (χ0) is 14.8. The third kappa shape index (κ3) is 3.77. The fraction of sp³-hybridized carbons (Fsp3) is 0.167. The number of nitrogens with zero attached hydrogens (tertiary/aromatic N) is 2. The van der Waals surface area contributed by atoms with E-state index in [1.807, 2.05) is 0 Å². The number of ketones is 1. The summed E-state index contributed by atoms with van der Waals surface area (Å²) < 4.78 is 36.7. The Morgan fingerprint density at radius 1 is 1.45 bits per heavy atom. The molecule has 0 spiro atoms. The van der Waals surface area contributed by atoms with Gasteiger partial charge in [-0.1, -0.05) is 29.4 Å². The summed E-state index contributed by atoms with van der Waals surface area (Å²) in [7, 11) is 0. The van der Waals surface area contributed by atoms with Gasteiger partial charge in [0.2, 0.25) is 0 Å². The van der Waals surface area contributed by atoms with Crippen molar-refractivity contribution >= 4 is 29.1 Å². The van der Waals surface area contributed by atoms with Crippen LogP contribution in [0.4, 0.5) is 13.2 Å². The first-order valence-electron chi connectivity index (χ1n) is 5.39. The molecule has 1 aromatic rings. The van der Waals surface area contributed by atoms with Gasteiger partial charge in [-0.05, 0) is 17.0 Å². The maximum absolute atomic E-state index is 12.2. The molecule has 0 unspecified atom stereocenters. The molecule has 1 aliphatic rings. The summed E-state index contributed by atoms with van der Waals surface area (Å²) in [5, 5.41) is 2.17. The van der Waals surface area contributed by atoms with Gasteiger partial charge in [-0.2, -0.15) is 13.2 Å². The van der Waals surface area contributed by atoms with Gasteiger partial charge in [0.1, 0.15) is 5.15 Å². The van der Waals surface area contributed by atoms with Gasteiger partial charge in [-0.3, -0.25) is 4.79 Å². The lowest BCUT2D eigenvalue weighted by Gasteiger charge is -2.17. The fourth-order valence-electron chi connectivity index (χ4n) is 1.45. The molecular formula is C12H8ClF3N2OS. The highest BCUT2D eigenvalue weighted by molar-refractivity contribution is 8.06. The Morgan fingerprint density at radius 2 is 2.20 bits per heavy atom. The smallest absolute Gasteiger partial charge is 0.337 e. The molecule has 0 radical (unpaired) electrons. The minimum absolute atomic E-state index is 0.224. The zero-order valence-electron chi connectivity index (χ0n) is 9.89. The number of allylic oxidation sites excluding steroid dienone is 1. The second-order valence-electron chi connectivity index (χ2n) is 3.86. The summed E-state index contributed by atoms with van der Waals surface area (Å²) in [6.45, 7) is 0.310. The molecule has 2 rings (SSSR count). The second kappa shape index (κ2) is 5.88. The molecule has 106 valence electrons. The van der Waals surface area contributed by atoms with Gasteiger partial charge >= 0.3 is 6.18 Å². The average molecular weight is 321 g/mol. The van der Waals surface area contributed by atoms with Gasteiger partial charge in [-0.15, -0.1) is 0 Å². The molecule has 8 heteroatoms. The lowest BCUT2D eigenvalue weighted by Crippen LogP contribution is -2.22. The van der Waals surface area contributed by atoms with Gasteiger partial charge in [0.15, 0.2) is 0 Å². The first-order valence-corrected chi connectivity index (χ1v) is 6.65. The van der Waals surface area contributed by atoms with Crippen LogP contribution in [0.3, 0.4) is 0 Å². The van der Waals surface area contributed by atoms with Crippen molar-refractivity contribution in [3.63, 3.8) is 0 Å². The molecule has 0 saturated heterocycles. The van der Waals surface area contributed by atoms with E-state index in [2.05, 4.69) is 4.98 Å². The molecule has 0 bridgehead atoms. The standard InChI is InChI=1S/C12H8ClF3N2OS/c13-10-2-1-8(6-17-10)7-18-3-4-20-11(18)5-9(19)12(14,15)16/h1-6H,7H2/b11-5-. The minimum Gasteiger partial charge on any atom is -0.337 e. The lowest BCUT2D eigenvalue weighted by molar-refractivity contribution is -0.165. The van der Waals surface area contributed by atoms with Crippen molar-refractivity contribution in [3.05, 3.63) is 51.8 Å². The number of aromatic nitrogens is 1. The Balaban J connectivity index is 2.11. The normalized spacial score (nSPS) is 17.0. The predicted molar refractivity (Wildman–Crippen MR) is 70.7 cm³/mol. The maximum Gasteiger partial charge on any atom is 0.454 e. The van der Waals surface area contributed by atoms with E-state index in [9.17, 15) is 18.0 Å². The number of hydrogen-bond donors (Lipinski definition) is 0. The Hall–Kier alpha value is -1.47. The molecule has 0 aromatic carbocycles. The topological polar surface area (TPSA) is 33.2 Å². The summed E-state index contributed by atoms with van der Waals surface area (Å²) in [5.74, 6) is -1.87. The Bertz CT molecular complexity index is 569. The molecule has 0 saturated carbocycles. The van der Waals surface area contributed by atoms with Crippen molar-refractivity contribution in [1.82, 2.24) is 9.88 Å². The monoisotopic (exact) mass is 320 g/mol. The van der Waals surface area contributed by atoms with Crippen LogP contribution in [0.15, 0.2) is 41.0 Å². The number of thioether (sulfide) groups is 1. The van der Waals surface area contributed by atoms with Crippen LogP contribution < -0.4 is 0 Å². The molecule has 0 fully saturated rings. The molecule has 0 aliphatic carbocycles. The van der Waals surface area contributed by atoms with Crippen LogP contribution in [-0.2, 0) is 11.3 Å². The highest BCUT2D eigenvalue weighted by atomic mass is 35.5. The molecule has 20 heavy (non-hydrogen) atoms. The van der Waals surface area contributed by atoms with Crippen molar-refractivity contribution in [2.45, 2.75) is 12.7 Å². The number of hydrogen-bond acceptors (Lipinski definition) is 4. The second-order valence-corrected chi connectivity index (χ2v) is 5.18. The summed E-state index contributed by atoms with van der Waals surface area (Å²) in [4.78, 5) is 16.4. The number of alkyl halides is 3. The van der Waals surface area contributed by atoms with Crippen LogP contribution in [0.5, 0.6) is 0 Å². The number of rotatable bonds is 3. The fourth-order valence-corrected chi connectivity index (χ4v) is 2.35. The summed E-state index contributed by atoms with van der Waals surface area (Å²) >= 11 is 6.71. The third-order valence-corrected chi connectivity index (χ3v) is 3.46. The molecule has 1 aromatic heterocycles. The molecule has 3 nitrogen and oxygen atoms in total. The van der Waals surface area contributed by atoms with Crippen LogP contribution in [0.25, 0.3) is 0 Å². The van der Waals surface area contributed by atoms with Crippen LogP contribution in [-0.4, -0.2) is 21.8 Å². The predicted octanol–water partition coefficient (Wildman–Crippen LogP) is 3.73. The van der Waals surface area contributed by atoms with E-state index in [1.54, 1.807) is 28.6 Å². The number of halogens is 4. The lowest BCUT2D eigenvalue weighted by atomic mass is 10.2. The van der Waals surface area contributed by atoms with E-state index in [1.165, 1.54) is 6.20 Å². The van der Waals surface area contributed by atoms with Crippen molar-refractivity contribution in [1.29, 1.82) is 0 Å². The first kappa shape index (κ1) is 14.9. The van der Waals surface area contributed by atoms with Crippen LogP contribution in [0.1, 0.15) is 5.56 Å². The maximum atomic E-state index is 12.2. The summed E-state index contributed by atoms with van der Waals surface area (Å²) in [6, 6.07) is 3.31. The molecule has 0 N–H and O–H groups in total. The highest BCUT2D eigenvalue weighted by Crippen LogP contribution is 2.31. The van der Waals surface area contributed by atoms with Crippen molar-refractivity contribution < 1.29 is 18.0 Å². The minimum atomic E-state index is -4.86. The van der Waals surface area contributed by atoms with Gasteiger partial charge in [-0.25, -0.2) is 4.98 Å². The number of carbonyl (C=O) groups is 1.